The van der Waals surface area contributed by atoms with E-state index < -0.39 is 0 Å². The minimum absolute atomic E-state index is 0.629. The highest BCUT2D eigenvalue weighted by Crippen LogP contribution is 2.25. The van der Waals surface area contributed by atoms with E-state index in [1.54, 1.807) is 14.2 Å². The SMILES string of the molecule is CCCCCCCCNC(=S)Nc1cc(OC)cc(OC)c1. The first-order valence-electron chi connectivity index (χ1n) is 7.97. The second-order valence-electron chi connectivity index (χ2n) is 5.25. The van der Waals surface area contributed by atoms with Gasteiger partial charge in [-0.05, 0) is 18.6 Å². The molecule has 0 fully saturated rings. The predicted molar refractivity (Wildman–Crippen MR) is 97.1 cm³/mol. The molecular formula is C17H28N2O2S. The molecule has 0 radical (unpaired) electrons. The minimum Gasteiger partial charge on any atom is -0.497 e. The molecule has 124 valence electrons. The molecule has 1 aromatic carbocycles. The Morgan fingerprint density at radius 2 is 1.55 bits per heavy atom. The summed E-state index contributed by atoms with van der Waals surface area (Å²) in [6.07, 6.45) is 7.67. The number of methoxy groups -OCH3 is 2. The average molecular weight is 324 g/mol. The Hall–Kier alpha value is -1.49. The van der Waals surface area contributed by atoms with Crippen molar-refractivity contribution in [2.75, 3.05) is 26.1 Å². The van der Waals surface area contributed by atoms with Crippen LogP contribution in [0.15, 0.2) is 18.2 Å². The number of rotatable bonds is 10. The molecule has 0 aliphatic rings. The molecule has 4 nitrogen and oxygen atoms in total. The van der Waals surface area contributed by atoms with E-state index in [4.69, 9.17) is 21.7 Å². The summed E-state index contributed by atoms with van der Waals surface area (Å²) >= 11 is 5.31. The van der Waals surface area contributed by atoms with Crippen molar-refractivity contribution in [2.24, 2.45) is 0 Å². The van der Waals surface area contributed by atoms with E-state index >= 15 is 0 Å². The first-order valence-corrected chi connectivity index (χ1v) is 8.38. The number of benzene rings is 1. The molecule has 0 heterocycles. The maximum Gasteiger partial charge on any atom is 0.170 e. The Bertz CT molecular complexity index is 430. The molecule has 0 aliphatic carbocycles. The fourth-order valence-electron chi connectivity index (χ4n) is 2.16. The lowest BCUT2D eigenvalue weighted by Crippen LogP contribution is -2.29. The van der Waals surface area contributed by atoms with Crippen molar-refractivity contribution in [3.05, 3.63) is 18.2 Å². The molecule has 0 saturated heterocycles. The quantitative estimate of drug-likeness (QED) is 0.495. The van der Waals surface area contributed by atoms with Crippen LogP contribution >= 0.6 is 12.2 Å². The normalized spacial score (nSPS) is 10.1. The molecule has 1 rings (SSSR count). The van der Waals surface area contributed by atoms with E-state index in [2.05, 4.69) is 17.6 Å². The maximum absolute atomic E-state index is 5.31. The summed E-state index contributed by atoms with van der Waals surface area (Å²) in [6.45, 7) is 3.14. The van der Waals surface area contributed by atoms with Crippen LogP contribution in [-0.2, 0) is 0 Å². The summed E-state index contributed by atoms with van der Waals surface area (Å²) in [5, 5.41) is 7.03. The number of ether oxygens (including phenoxy) is 2. The maximum atomic E-state index is 5.31. The van der Waals surface area contributed by atoms with Crippen LogP contribution in [0.25, 0.3) is 0 Å². The number of nitrogens with one attached hydrogen (secondary N) is 2. The standard InChI is InChI=1S/C17H28N2O2S/c1-4-5-6-7-8-9-10-18-17(22)19-14-11-15(20-2)13-16(12-14)21-3/h11-13H,4-10H2,1-3H3,(H2,18,19,22). The van der Waals surface area contributed by atoms with Gasteiger partial charge < -0.3 is 20.1 Å². The second-order valence-corrected chi connectivity index (χ2v) is 5.66. The molecule has 2 N–H and O–H groups in total. The largest absolute Gasteiger partial charge is 0.497 e. The van der Waals surface area contributed by atoms with Gasteiger partial charge in [0.15, 0.2) is 5.11 Å². The van der Waals surface area contributed by atoms with Crippen LogP contribution in [0, 0.1) is 0 Å². The fraction of sp³-hybridized carbons (Fsp3) is 0.588. The van der Waals surface area contributed by atoms with Crippen molar-refractivity contribution in [1.29, 1.82) is 0 Å². The van der Waals surface area contributed by atoms with Crippen molar-refractivity contribution >= 4 is 23.0 Å². The molecule has 0 aliphatic heterocycles. The minimum atomic E-state index is 0.629. The first-order chi connectivity index (χ1) is 10.7. The molecule has 0 aromatic heterocycles. The van der Waals surface area contributed by atoms with Crippen LogP contribution in [0.4, 0.5) is 5.69 Å². The average Bonchev–Trinajstić information content (AvgIpc) is 2.53. The number of hydrogen-bond acceptors (Lipinski definition) is 3. The highest BCUT2D eigenvalue weighted by Gasteiger charge is 2.03. The molecule has 0 saturated carbocycles. The van der Waals surface area contributed by atoms with Crippen molar-refractivity contribution in [1.82, 2.24) is 5.32 Å². The van der Waals surface area contributed by atoms with Crippen LogP contribution < -0.4 is 20.1 Å². The van der Waals surface area contributed by atoms with Gasteiger partial charge in [-0.3, -0.25) is 0 Å². The zero-order valence-electron chi connectivity index (χ0n) is 13.9. The van der Waals surface area contributed by atoms with Gasteiger partial charge in [0.25, 0.3) is 0 Å². The van der Waals surface area contributed by atoms with Gasteiger partial charge in [-0.2, -0.15) is 0 Å². The van der Waals surface area contributed by atoms with Gasteiger partial charge in [0.2, 0.25) is 0 Å². The predicted octanol–water partition coefficient (Wildman–Crippen LogP) is 4.35. The summed E-state index contributed by atoms with van der Waals surface area (Å²) in [6, 6.07) is 5.61. The Balaban J connectivity index is 2.30. The lowest BCUT2D eigenvalue weighted by molar-refractivity contribution is 0.395. The Morgan fingerprint density at radius 1 is 0.955 bits per heavy atom. The smallest absolute Gasteiger partial charge is 0.170 e. The van der Waals surface area contributed by atoms with Crippen molar-refractivity contribution in [2.45, 2.75) is 45.4 Å². The number of unbranched alkanes of at least 4 members (excludes halogenated alkanes) is 5. The van der Waals surface area contributed by atoms with Crippen LogP contribution in [0.2, 0.25) is 0 Å². The lowest BCUT2D eigenvalue weighted by atomic mass is 10.1. The third-order valence-corrected chi connectivity index (χ3v) is 3.67. The van der Waals surface area contributed by atoms with Gasteiger partial charge in [0.1, 0.15) is 11.5 Å². The zero-order chi connectivity index (χ0) is 16.2. The van der Waals surface area contributed by atoms with Crippen LogP contribution in [0.3, 0.4) is 0 Å². The summed E-state index contributed by atoms with van der Waals surface area (Å²) in [5.41, 5.74) is 0.858. The number of thiocarbonyl (C=S) groups is 1. The van der Waals surface area contributed by atoms with Gasteiger partial charge in [0.05, 0.1) is 14.2 Å². The van der Waals surface area contributed by atoms with Gasteiger partial charge in [-0.1, -0.05) is 39.0 Å². The molecule has 5 heteroatoms. The van der Waals surface area contributed by atoms with Crippen LogP contribution in [0.5, 0.6) is 11.5 Å². The molecule has 0 amide bonds. The van der Waals surface area contributed by atoms with Crippen molar-refractivity contribution in [3.8, 4) is 11.5 Å². The third kappa shape index (κ3) is 7.50. The molecule has 0 atom stereocenters. The van der Waals surface area contributed by atoms with E-state index in [0.29, 0.717) is 5.11 Å². The second kappa shape index (κ2) is 11.1. The van der Waals surface area contributed by atoms with E-state index in [1.165, 1.54) is 32.1 Å². The lowest BCUT2D eigenvalue weighted by Gasteiger charge is -2.12. The van der Waals surface area contributed by atoms with E-state index in [1.807, 2.05) is 18.2 Å². The summed E-state index contributed by atoms with van der Waals surface area (Å²) in [5.74, 6) is 1.47. The number of anilines is 1. The van der Waals surface area contributed by atoms with Crippen molar-refractivity contribution < 1.29 is 9.47 Å². The molecular weight excluding hydrogens is 296 g/mol. The van der Waals surface area contributed by atoms with Gasteiger partial charge in [0, 0.05) is 30.4 Å². The first kappa shape index (κ1) is 18.6. The molecule has 22 heavy (non-hydrogen) atoms. The van der Waals surface area contributed by atoms with Gasteiger partial charge >= 0.3 is 0 Å². The summed E-state index contributed by atoms with van der Waals surface area (Å²) in [4.78, 5) is 0. The molecule has 0 bridgehead atoms. The monoisotopic (exact) mass is 324 g/mol. The van der Waals surface area contributed by atoms with Gasteiger partial charge in [-0.15, -0.1) is 0 Å². The van der Waals surface area contributed by atoms with E-state index in [-0.39, 0.29) is 0 Å². The topological polar surface area (TPSA) is 42.5 Å². The van der Waals surface area contributed by atoms with Crippen molar-refractivity contribution in [3.63, 3.8) is 0 Å². The highest BCUT2D eigenvalue weighted by atomic mass is 32.1. The van der Waals surface area contributed by atoms with Crippen LogP contribution in [-0.4, -0.2) is 25.9 Å². The molecule has 1 aromatic rings. The Labute approximate surface area is 139 Å². The van der Waals surface area contributed by atoms with Gasteiger partial charge in [-0.25, -0.2) is 0 Å². The summed E-state index contributed by atoms with van der Waals surface area (Å²) < 4.78 is 10.5. The highest BCUT2D eigenvalue weighted by molar-refractivity contribution is 7.80. The van der Waals surface area contributed by atoms with E-state index in [9.17, 15) is 0 Å². The number of hydrogen-bond donors (Lipinski definition) is 2. The summed E-state index contributed by atoms with van der Waals surface area (Å²) in [7, 11) is 3.27. The van der Waals surface area contributed by atoms with Crippen LogP contribution in [0.1, 0.15) is 45.4 Å². The third-order valence-electron chi connectivity index (χ3n) is 3.43. The fourth-order valence-corrected chi connectivity index (χ4v) is 2.38. The molecule has 0 unspecified atom stereocenters. The zero-order valence-corrected chi connectivity index (χ0v) is 14.7. The Morgan fingerprint density at radius 3 is 2.14 bits per heavy atom. The Kier molecular flexibility index (Phi) is 9.39. The van der Waals surface area contributed by atoms with E-state index in [0.717, 1.165) is 30.2 Å². The molecule has 0 spiro atoms.